The second kappa shape index (κ2) is 7.28. The number of nitrogens with one attached hydrogen (secondary N) is 1. The lowest BCUT2D eigenvalue weighted by Gasteiger charge is -2.13. The van der Waals surface area contributed by atoms with Gasteiger partial charge in [0.1, 0.15) is 18.5 Å². The molecule has 0 amide bonds. The minimum atomic E-state index is -0.500. The molecule has 0 saturated heterocycles. The summed E-state index contributed by atoms with van der Waals surface area (Å²) >= 11 is 1.74. The van der Waals surface area contributed by atoms with Crippen LogP contribution < -0.4 is 10.1 Å². The summed E-state index contributed by atoms with van der Waals surface area (Å²) in [5.74, 6) is 0.788. The first-order valence-electron chi connectivity index (χ1n) is 6.35. The maximum Gasteiger partial charge on any atom is 0.119 e. The Bertz CT molecular complexity index is 484. The average Bonchev–Trinajstić information content (AvgIpc) is 2.83. The Kier molecular flexibility index (Phi) is 5.39. The van der Waals surface area contributed by atoms with E-state index in [0.29, 0.717) is 13.2 Å². The molecule has 0 fully saturated rings. The molecule has 0 spiro atoms. The normalized spacial score (nSPS) is 12.3. The standard InChI is InChI=1S/C15H19NO2S/c1-12-7-8-19-15(12)10-16-9-13(17)11-18-14-5-3-2-4-6-14/h2-8,13,16-17H,9-11H2,1H3. The number of aliphatic hydroxyl groups excluding tert-OH is 1. The van der Waals surface area contributed by atoms with Gasteiger partial charge in [-0.1, -0.05) is 18.2 Å². The van der Waals surface area contributed by atoms with Crippen molar-refractivity contribution in [2.45, 2.75) is 19.6 Å². The maximum absolute atomic E-state index is 9.82. The third-order valence-electron chi connectivity index (χ3n) is 2.82. The molecule has 2 N–H and O–H groups in total. The predicted molar refractivity (Wildman–Crippen MR) is 78.7 cm³/mol. The Labute approximate surface area is 117 Å². The molecule has 102 valence electrons. The van der Waals surface area contributed by atoms with Crippen molar-refractivity contribution in [3.05, 3.63) is 52.2 Å². The zero-order valence-electron chi connectivity index (χ0n) is 11.0. The van der Waals surface area contributed by atoms with Gasteiger partial charge in [-0.15, -0.1) is 11.3 Å². The molecule has 0 radical (unpaired) electrons. The van der Waals surface area contributed by atoms with Gasteiger partial charge in [-0.25, -0.2) is 0 Å². The number of benzene rings is 1. The van der Waals surface area contributed by atoms with Crippen molar-refractivity contribution in [1.29, 1.82) is 0 Å². The highest BCUT2D eigenvalue weighted by Crippen LogP contribution is 2.14. The van der Waals surface area contributed by atoms with E-state index in [2.05, 4.69) is 23.7 Å². The molecule has 0 aliphatic carbocycles. The largest absolute Gasteiger partial charge is 0.491 e. The molecule has 2 rings (SSSR count). The molecule has 1 heterocycles. The Morgan fingerprint density at radius 1 is 1.26 bits per heavy atom. The SMILES string of the molecule is Cc1ccsc1CNCC(O)COc1ccccc1. The third kappa shape index (κ3) is 4.67. The summed E-state index contributed by atoms with van der Waals surface area (Å²) in [6.07, 6.45) is -0.500. The van der Waals surface area contributed by atoms with E-state index in [0.717, 1.165) is 12.3 Å². The van der Waals surface area contributed by atoms with E-state index in [1.807, 2.05) is 30.3 Å². The minimum Gasteiger partial charge on any atom is -0.491 e. The zero-order valence-corrected chi connectivity index (χ0v) is 11.8. The highest BCUT2D eigenvalue weighted by molar-refractivity contribution is 7.10. The molecule has 1 atom stereocenters. The van der Waals surface area contributed by atoms with Gasteiger partial charge in [-0.3, -0.25) is 0 Å². The van der Waals surface area contributed by atoms with Gasteiger partial charge < -0.3 is 15.2 Å². The van der Waals surface area contributed by atoms with Crippen molar-refractivity contribution in [3.63, 3.8) is 0 Å². The molecule has 19 heavy (non-hydrogen) atoms. The van der Waals surface area contributed by atoms with E-state index in [1.54, 1.807) is 11.3 Å². The number of ether oxygens (including phenoxy) is 1. The summed E-state index contributed by atoms with van der Waals surface area (Å²) < 4.78 is 5.49. The van der Waals surface area contributed by atoms with Crippen molar-refractivity contribution in [1.82, 2.24) is 5.32 Å². The second-order valence-electron chi connectivity index (χ2n) is 4.44. The number of rotatable bonds is 7. The van der Waals surface area contributed by atoms with Crippen LogP contribution in [0.25, 0.3) is 0 Å². The summed E-state index contributed by atoms with van der Waals surface area (Å²) in [5.41, 5.74) is 1.30. The quantitative estimate of drug-likeness (QED) is 0.817. The van der Waals surface area contributed by atoms with E-state index in [1.165, 1.54) is 10.4 Å². The van der Waals surface area contributed by atoms with Crippen molar-refractivity contribution in [3.8, 4) is 5.75 Å². The van der Waals surface area contributed by atoms with Crippen LogP contribution in [0.1, 0.15) is 10.4 Å². The summed E-state index contributed by atoms with van der Waals surface area (Å²) in [4.78, 5) is 1.32. The van der Waals surface area contributed by atoms with Crippen LogP contribution in [-0.2, 0) is 6.54 Å². The van der Waals surface area contributed by atoms with Gasteiger partial charge in [-0.05, 0) is 36.1 Å². The van der Waals surface area contributed by atoms with Gasteiger partial charge in [0.05, 0.1) is 0 Å². The first kappa shape index (κ1) is 14.1. The molecule has 0 saturated carbocycles. The average molecular weight is 277 g/mol. The Hall–Kier alpha value is -1.36. The number of aryl methyl sites for hydroxylation is 1. The number of hydrogen-bond donors (Lipinski definition) is 2. The first-order valence-corrected chi connectivity index (χ1v) is 7.23. The molecule has 0 aliphatic heterocycles. The van der Waals surface area contributed by atoms with E-state index in [-0.39, 0.29) is 0 Å². The zero-order chi connectivity index (χ0) is 13.5. The van der Waals surface area contributed by atoms with Crippen LogP contribution in [0.4, 0.5) is 0 Å². The van der Waals surface area contributed by atoms with Gasteiger partial charge in [0.2, 0.25) is 0 Å². The van der Waals surface area contributed by atoms with E-state index in [4.69, 9.17) is 4.74 Å². The minimum absolute atomic E-state index is 0.306. The topological polar surface area (TPSA) is 41.5 Å². The summed E-state index contributed by atoms with van der Waals surface area (Å²) in [6, 6.07) is 11.6. The summed E-state index contributed by atoms with van der Waals surface area (Å²) in [7, 11) is 0. The molecule has 0 aliphatic rings. The molecular weight excluding hydrogens is 258 g/mol. The molecule has 0 bridgehead atoms. The molecule has 1 aromatic carbocycles. The monoisotopic (exact) mass is 277 g/mol. The summed E-state index contributed by atoms with van der Waals surface area (Å²) in [5, 5.41) is 15.2. The lowest BCUT2D eigenvalue weighted by atomic mass is 10.3. The van der Waals surface area contributed by atoms with Crippen LogP contribution >= 0.6 is 11.3 Å². The van der Waals surface area contributed by atoms with Gasteiger partial charge in [0, 0.05) is 18.0 Å². The summed E-state index contributed by atoms with van der Waals surface area (Å²) in [6.45, 7) is 3.74. The lowest BCUT2D eigenvalue weighted by Crippen LogP contribution is -2.31. The van der Waals surface area contributed by atoms with Gasteiger partial charge in [0.25, 0.3) is 0 Å². The van der Waals surface area contributed by atoms with Crippen molar-refractivity contribution >= 4 is 11.3 Å². The molecule has 2 aromatic rings. The van der Waals surface area contributed by atoms with Crippen LogP contribution in [0.5, 0.6) is 5.75 Å². The Morgan fingerprint density at radius 2 is 2.05 bits per heavy atom. The van der Waals surface area contributed by atoms with Crippen LogP contribution in [0.2, 0.25) is 0 Å². The van der Waals surface area contributed by atoms with Crippen molar-refractivity contribution in [2.75, 3.05) is 13.2 Å². The van der Waals surface area contributed by atoms with E-state index < -0.39 is 6.10 Å². The number of hydrogen-bond acceptors (Lipinski definition) is 4. The van der Waals surface area contributed by atoms with Crippen LogP contribution in [0, 0.1) is 6.92 Å². The smallest absolute Gasteiger partial charge is 0.119 e. The first-order chi connectivity index (χ1) is 9.25. The molecular formula is C15H19NO2S. The molecule has 4 heteroatoms. The second-order valence-corrected chi connectivity index (χ2v) is 5.44. The van der Waals surface area contributed by atoms with Crippen LogP contribution in [0.15, 0.2) is 41.8 Å². The lowest BCUT2D eigenvalue weighted by molar-refractivity contribution is 0.106. The Balaban J connectivity index is 1.65. The number of thiophene rings is 1. The molecule has 1 unspecified atom stereocenters. The van der Waals surface area contributed by atoms with E-state index in [9.17, 15) is 5.11 Å². The third-order valence-corrected chi connectivity index (χ3v) is 3.84. The fourth-order valence-corrected chi connectivity index (χ4v) is 2.58. The fourth-order valence-electron chi connectivity index (χ4n) is 1.71. The highest BCUT2D eigenvalue weighted by Gasteiger charge is 2.06. The van der Waals surface area contributed by atoms with Crippen LogP contribution in [-0.4, -0.2) is 24.4 Å². The Morgan fingerprint density at radius 3 is 2.74 bits per heavy atom. The molecule has 1 aromatic heterocycles. The van der Waals surface area contributed by atoms with E-state index >= 15 is 0 Å². The highest BCUT2D eigenvalue weighted by atomic mass is 32.1. The van der Waals surface area contributed by atoms with Crippen molar-refractivity contribution in [2.24, 2.45) is 0 Å². The number of aliphatic hydroxyl groups is 1. The van der Waals surface area contributed by atoms with Crippen LogP contribution in [0.3, 0.4) is 0 Å². The van der Waals surface area contributed by atoms with Gasteiger partial charge in [0.15, 0.2) is 0 Å². The number of para-hydroxylation sites is 1. The van der Waals surface area contributed by atoms with Gasteiger partial charge in [-0.2, -0.15) is 0 Å². The molecule has 3 nitrogen and oxygen atoms in total. The maximum atomic E-state index is 9.82. The fraction of sp³-hybridized carbons (Fsp3) is 0.333. The van der Waals surface area contributed by atoms with Crippen molar-refractivity contribution < 1.29 is 9.84 Å². The predicted octanol–water partition coefficient (Wildman–Crippen LogP) is 2.59. The van der Waals surface area contributed by atoms with Gasteiger partial charge >= 0.3 is 0 Å².